The van der Waals surface area contributed by atoms with Crippen molar-refractivity contribution in [3.63, 3.8) is 0 Å². The molecule has 0 radical (unpaired) electrons. The quantitative estimate of drug-likeness (QED) is 0.274. The summed E-state index contributed by atoms with van der Waals surface area (Å²) in [5.41, 5.74) is 2.31. The minimum Gasteiger partial charge on any atom is -0.495 e. The third-order valence-corrected chi connectivity index (χ3v) is 6.47. The van der Waals surface area contributed by atoms with Gasteiger partial charge in [0.15, 0.2) is 10.7 Å². The SMILES string of the molecule is CCn1cc2nc(SCC(=O)Nc3ccc(OC)c(Cl)c3)n(CCc3ccccc3)c(=O)c2n1. The Morgan fingerprint density at radius 1 is 1.21 bits per heavy atom. The van der Waals surface area contributed by atoms with Gasteiger partial charge >= 0.3 is 0 Å². The minimum atomic E-state index is -0.237. The number of fused-ring (bicyclic) bond motifs is 1. The molecule has 0 saturated heterocycles. The zero-order valence-corrected chi connectivity index (χ0v) is 20.4. The number of amides is 1. The van der Waals surface area contributed by atoms with E-state index < -0.39 is 0 Å². The molecule has 0 aliphatic carbocycles. The molecule has 1 N–H and O–H groups in total. The van der Waals surface area contributed by atoms with Crippen LogP contribution in [0.25, 0.3) is 11.0 Å². The number of halogens is 1. The fourth-order valence-corrected chi connectivity index (χ4v) is 4.53. The van der Waals surface area contributed by atoms with Crippen molar-refractivity contribution in [2.45, 2.75) is 31.6 Å². The highest BCUT2D eigenvalue weighted by Gasteiger charge is 2.16. The van der Waals surface area contributed by atoms with Gasteiger partial charge in [-0.05, 0) is 37.1 Å². The first-order valence-electron chi connectivity index (χ1n) is 10.8. The molecule has 0 aliphatic rings. The Balaban J connectivity index is 1.55. The molecule has 0 unspecified atom stereocenters. The van der Waals surface area contributed by atoms with Gasteiger partial charge in [-0.25, -0.2) is 4.98 Å². The Kier molecular flexibility index (Phi) is 7.54. The number of nitrogens with one attached hydrogen (secondary N) is 1. The number of thioether (sulfide) groups is 1. The lowest BCUT2D eigenvalue weighted by molar-refractivity contribution is -0.113. The lowest BCUT2D eigenvalue weighted by Gasteiger charge is -2.12. The van der Waals surface area contributed by atoms with Gasteiger partial charge in [-0.2, -0.15) is 5.10 Å². The first kappa shape index (κ1) is 23.8. The van der Waals surface area contributed by atoms with Gasteiger partial charge in [-0.15, -0.1) is 0 Å². The average Bonchev–Trinajstić information content (AvgIpc) is 3.27. The minimum absolute atomic E-state index is 0.0782. The van der Waals surface area contributed by atoms with Crippen molar-refractivity contribution < 1.29 is 9.53 Å². The van der Waals surface area contributed by atoms with E-state index in [1.807, 2.05) is 37.3 Å². The van der Waals surface area contributed by atoms with Crippen molar-refractivity contribution >= 4 is 46.0 Å². The third kappa shape index (κ3) is 5.43. The summed E-state index contributed by atoms with van der Waals surface area (Å²) in [6.07, 6.45) is 2.41. The number of methoxy groups -OCH3 is 1. The van der Waals surface area contributed by atoms with E-state index in [4.69, 9.17) is 16.3 Å². The van der Waals surface area contributed by atoms with Crippen LogP contribution in [0.4, 0.5) is 5.69 Å². The molecule has 176 valence electrons. The summed E-state index contributed by atoms with van der Waals surface area (Å²) in [6.45, 7) is 3.02. The lowest BCUT2D eigenvalue weighted by Crippen LogP contribution is -2.25. The third-order valence-electron chi connectivity index (χ3n) is 5.20. The van der Waals surface area contributed by atoms with Crippen LogP contribution >= 0.6 is 23.4 Å². The number of rotatable bonds is 9. The summed E-state index contributed by atoms with van der Waals surface area (Å²) in [5.74, 6) is 0.371. The van der Waals surface area contributed by atoms with E-state index in [1.54, 1.807) is 33.6 Å². The van der Waals surface area contributed by atoms with Crippen molar-refractivity contribution in [2.24, 2.45) is 0 Å². The fraction of sp³-hybridized carbons (Fsp3) is 0.250. The summed E-state index contributed by atoms with van der Waals surface area (Å²) in [5, 5.41) is 8.07. The molecule has 2 aromatic heterocycles. The smallest absolute Gasteiger partial charge is 0.282 e. The number of aryl methyl sites for hydroxylation is 2. The number of benzene rings is 2. The zero-order valence-electron chi connectivity index (χ0n) is 18.8. The zero-order chi connectivity index (χ0) is 24.1. The highest BCUT2D eigenvalue weighted by Crippen LogP contribution is 2.27. The number of anilines is 1. The molecular weight excluding hydrogens is 474 g/mol. The first-order valence-corrected chi connectivity index (χ1v) is 12.1. The molecular formula is C24H24ClN5O3S. The number of ether oxygens (including phenoxy) is 1. The van der Waals surface area contributed by atoms with Crippen LogP contribution in [0.5, 0.6) is 5.75 Å². The second-order valence-electron chi connectivity index (χ2n) is 7.49. The number of hydrogen-bond donors (Lipinski definition) is 1. The average molecular weight is 498 g/mol. The topological polar surface area (TPSA) is 91.0 Å². The van der Waals surface area contributed by atoms with E-state index >= 15 is 0 Å². The summed E-state index contributed by atoms with van der Waals surface area (Å²) < 4.78 is 8.43. The number of hydrogen-bond acceptors (Lipinski definition) is 6. The summed E-state index contributed by atoms with van der Waals surface area (Å²) in [4.78, 5) is 30.5. The van der Waals surface area contributed by atoms with E-state index in [2.05, 4.69) is 15.4 Å². The summed E-state index contributed by atoms with van der Waals surface area (Å²) in [6, 6.07) is 15.0. The van der Waals surface area contributed by atoms with Crippen molar-refractivity contribution in [2.75, 3.05) is 18.2 Å². The highest BCUT2D eigenvalue weighted by molar-refractivity contribution is 7.99. The Morgan fingerprint density at radius 3 is 2.71 bits per heavy atom. The van der Waals surface area contributed by atoms with Gasteiger partial charge in [-0.3, -0.25) is 18.8 Å². The van der Waals surface area contributed by atoms with Crippen LogP contribution in [0.2, 0.25) is 5.02 Å². The maximum Gasteiger partial charge on any atom is 0.282 e. The van der Waals surface area contributed by atoms with Gasteiger partial charge in [0, 0.05) is 18.8 Å². The van der Waals surface area contributed by atoms with Crippen LogP contribution in [0.15, 0.2) is 64.7 Å². The number of aromatic nitrogens is 4. The molecule has 8 nitrogen and oxygen atoms in total. The van der Waals surface area contributed by atoms with E-state index in [0.29, 0.717) is 52.2 Å². The van der Waals surface area contributed by atoms with Crippen LogP contribution in [0, 0.1) is 0 Å². The van der Waals surface area contributed by atoms with Gasteiger partial charge in [0.1, 0.15) is 11.3 Å². The molecule has 2 aromatic carbocycles. The fourth-order valence-electron chi connectivity index (χ4n) is 3.45. The van der Waals surface area contributed by atoms with Crippen LogP contribution in [-0.4, -0.2) is 38.1 Å². The molecule has 0 bridgehead atoms. The molecule has 0 fully saturated rings. The van der Waals surface area contributed by atoms with Crippen molar-refractivity contribution in [3.05, 3.63) is 75.7 Å². The molecule has 1 amide bonds. The van der Waals surface area contributed by atoms with Crippen molar-refractivity contribution in [1.82, 2.24) is 19.3 Å². The Hall–Kier alpha value is -3.30. The summed E-state index contributed by atoms with van der Waals surface area (Å²) in [7, 11) is 1.53. The maximum atomic E-state index is 13.2. The van der Waals surface area contributed by atoms with Gasteiger partial charge in [0.05, 0.1) is 24.1 Å². The van der Waals surface area contributed by atoms with Gasteiger partial charge in [0.2, 0.25) is 5.91 Å². The van der Waals surface area contributed by atoms with Crippen LogP contribution in [0.3, 0.4) is 0 Å². The normalized spacial score (nSPS) is 11.0. The van der Waals surface area contributed by atoms with E-state index in [9.17, 15) is 9.59 Å². The number of nitrogens with zero attached hydrogens (tertiary/aromatic N) is 4. The molecule has 2 heterocycles. The van der Waals surface area contributed by atoms with Crippen LogP contribution < -0.4 is 15.6 Å². The molecule has 0 atom stereocenters. The molecule has 0 aliphatic heterocycles. The second-order valence-corrected chi connectivity index (χ2v) is 8.84. The number of carbonyl (C=O) groups excluding carboxylic acids is 1. The highest BCUT2D eigenvalue weighted by atomic mass is 35.5. The Morgan fingerprint density at radius 2 is 2.00 bits per heavy atom. The van der Waals surface area contributed by atoms with Crippen molar-refractivity contribution in [1.29, 1.82) is 0 Å². The van der Waals surface area contributed by atoms with E-state index in [1.165, 1.54) is 18.9 Å². The summed E-state index contributed by atoms with van der Waals surface area (Å²) >= 11 is 7.35. The van der Waals surface area contributed by atoms with Crippen LogP contribution in [-0.2, 0) is 24.3 Å². The predicted molar refractivity (Wildman–Crippen MR) is 135 cm³/mol. The van der Waals surface area contributed by atoms with Gasteiger partial charge < -0.3 is 10.1 Å². The maximum absolute atomic E-state index is 13.2. The van der Waals surface area contributed by atoms with Gasteiger partial charge in [0.25, 0.3) is 5.56 Å². The standard InChI is InChI=1S/C24H24ClN5O3S/c1-3-29-14-19-22(28-29)23(32)30(12-11-16-7-5-4-6-8-16)24(27-19)34-15-21(31)26-17-9-10-20(33-2)18(25)13-17/h4-10,13-14H,3,11-12,15H2,1-2H3,(H,26,31). The molecule has 34 heavy (non-hydrogen) atoms. The lowest BCUT2D eigenvalue weighted by atomic mass is 10.1. The predicted octanol–water partition coefficient (Wildman–Crippen LogP) is 4.25. The molecule has 0 spiro atoms. The van der Waals surface area contributed by atoms with Crippen LogP contribution in [0.1, 0.15) is 12.5 Å². The first-order chi connectivity index (χ1) is 16.5. The second kappa shape index (κ2) is 10.8. The van der Waals surface area contributed by atoms with Gasteiger partial charge in [-0.1, -0.05) is 53.7 Å². The molecule has 10 heteroatoms. The largest absolute Gasteiger partial charge is 0.495 e. The Bertz CT molecular complexity index is 1370. The monoisotopic (exact) mass is 497 g/mol. The molecule has 4 aromatic rings. The number of carbonyl (C=O) groups is 1. The molecule has 0 saturated carbocycles. The van der Waals surface area contributed by atoms with Crippen molar-refractivity contribution in [3.8, 4) is 5.75 Å². The van der Waals surface area contributed by atoms with E-state index in [-0.39, 0.29) is 17.2 Å². The molecule has 4 rings (SSSR count). The van der Waals surface area contributed by atoms with E-state index in [0.717, 1.165) is 5.56 Å². The Labute approximate surface area is 205 Å².